The second-order valence-corrected chi connectivity index (χ2v) is 5.70. The number of nitrogens with zero attached hydrogens (tertiary/aromatic N) is 1. The molecule has 1 heterocycles. The Morgan fingerprint density at radius 2 is 1.96 bits per heavy atom. The molecule has 0 saturated heterocycles. The van der Waals surface area contributed by atoms with Crippen molar-refractivity contribution < 1.29 is 4.79 Å². The topological polar surface area (TPSA) is 74.8 Å². The average molecular weight is 328 g/mol. The summed E-state index contributed by atoms with van der Waals surface area (Å²) in [6.07, 6.45) is 0. The summed E-state index contributed by atoms with van der Waals surface area (Å²) in [5.41, 5.74) is 1.92. The highest BCUT2D eigenvalue weighted by atomic mass is 35.5. The van der Waals surface area contributed by atoms with E-state index in [0.717, 1.165) is 11.1 Å². The summed E-state index contributed by atoms with van der Waals surface area (Å²) in [7, 11) is 0. The van der Waals surface area contributed by atoms with Gasteiger partial charge < -0.3 is 5.32 Å². The standard InChI is InChI=1S/C17H14ClN3O2/c1-10-2-7-14-13(8-10)16(22)15(21-20-14)17(23)19-9-11-3-5-12(18)6-4-11/h2-8H,9H2,1H3,(H,19,23)(H,20,22). The molecule has 1 amide bonds. The van der Waals surface area contributed by atoms with Crippen LogP contribution < -0.4 is 10.7 Å². The Morgan fingerprint density at radius 3 is 2.70 bits per heavy atom. The largest absolute Gasteiger partial charge is 0.346 e. The highest BCUT2D eigenvalue weighted by molar-refractivity contribution is 6.30. The van der Waals surface area contributed by atoms with Gasteiger partial charge in [-0.1, -0.05) is 35.4 Å². The molecule has 0 aliphatic heterocycles. The lowest BCUT2D eigenvalue weighted by Gasteiger charge is -2.06. The zero-order chi connectivity index (χ0) is 16.4. The van der Waals surface area contributed by atoms with E-state index in [2.05, 4.69) is 15.5 Å². The maximum atomic E-state index is 12.4. The van der Waals surface area contributed by atoms with E-state index in [-0.39, 0.29) is 11.1 Å². The van der Waals surface area contributed by atoms with E-state index in [4.69, 9.17) is 11.6 Å². The van der Waals surface area contributed by atoms with Crippen molar-refractivity contribution in [3.63, 3.8) is 0 Å². The smallest absolute Gasteiger partial charge is 0.276 e. The third-order valence-electron chi connectivity index (χ3n) is 3.50. The van der Waals surface area contributed by atoms with Gasteiger partial charge in [0.2, 0.25) is 5.43 Å². The Hall–Kier alpha value is -2.66. The molecular weight excluding hydrogens is 314 g/mol. The number of aryl methyl sites for hydroxylation is 1. The number of aromatic nitrogens is 2. The summed E-state index contributed by atoms with van der Waals surface area (Å²) < 4.78 is 0. The van der Waals surface area contributed by atoms with Crippen molar-refractivity contribution >= 4 is 28.4 Å². The first-order chi connectivity index (χ1) is 11.0. The van der Waals surface area contributed by atoms with Crippen molar-refractivity contribution in [2.45, 2.75) is 13.5 Å². The molecule has 6 heteroatoms. The predicted octanol–water partition coefficient (Wildman–Crippen LogP) is 2.81. The Labute approximate surface area is 137 Å². The lowest BCUT2D eigenvalue weighted by atomic mass is 10.1. The molecule has 23 heavy (non-hydrogen) atoms. The van der Waals surface area contributed by atoms with Crippen LogP contribution in [-0.2, 0) is 6.54 Å². The van der Waals surface area contributed by atoms with Gasteiger partial charge in [-0.3, -0.25) is 14.7 Å². The van der Waals surface area contributed by atoms with E-state index >= 15 is 0 Å². The van der Waals surface area contributed by atoms with Gasteiger partial charge in [-0.05, 0) is 36.8 Å². The van der Waals surface area contributed by atoms with Gasteiger partial charge >= 0.3 is 0 Å². The fourth-order valence-electron chi connectivity index (χ4n) is 2.26. The van der Waals surface area contributed by atoms with Crippen LogP contribution >= 0.6 is 11.6 Å². The fraction of sp³-hybridized carbons (Fsp3) is 0.118. The van der Waals surface area contributed by atoms with E-state index in [1.54, 1.807) is 24.3 Å². The second-order valence-electron chi connectivity index (χ2n) is 5.26. The summed E-state index contributed by atoms with van der Waals surface area (Å²) in [6, 6.07) is 12.5. The first kappa shape index (κ1) is 15.2. The SMILES string of the molecule is Cc1ccc2[nH]nc(C(=O)NCc3ccc(Cl)cc3)c(=O)c2c1. The molecule has 2 aromatic carbocycles. The van der Waals surface area contributed by atoms with Crippen LogP contribution in [0.5, 0.6) is 0 Å². The van der Waals surface area contributed by atoms with Crippen molar-refractivity contribution in [1.82, 2.24) is 15.5 Å². The van der Waals surface area contributed by atoms with E-state index in [0.29, 0.717) is 22.5 Å². The average Bonchev–Trinajstić information content (AvgIpc) is 2.55. The number of H-pyrrole nitrogens is 1. The van der Waals surface area contributed by atoms with Crippen LogP contribution in [0.15, 0.2) is 47.3 Å². The van der Waals surface area contributed by atoms with Crippen LogP contribution in [-0.4, -0.2) is 16.1 Å². The summed E-state index contributed by atoms with van der Waals surface area (Å²) in [5.74, 6) is -0.510. The Balaban J connectivity index is 1.84. The lowest BCUT2D eigenvalue weighted by molar-refractivity contribution is 0.0944. The molecule has 0 atom stereocenters. The number of aromatic amines is 1. The quantitative estimate of drug-likeness (QED) is 0.776. The number of halogens is 1. The normalized spacial score (nSPS) is 10.7. The first-order valence-electron chi connectivity index (χ1n) is 7.06. The number of carbonyl (C=O) groups excluding carboxylic acids is 1. The third-order valence-corrected chi connectivity index (χ3v) is 3.76. The number of rotatable bonds is 3. The van der Waals surface area contributed by atoms with E-state index < -0.39 is 5.91 Å². The molecule has 0 saturated carbocycles. The summed E-state index contributed by atoms with van der Waals surface area (Å²) in [5, 5.41) is 10.4. The van der Waals surface area contributed by atoms with Gasteiger partial charge in [0.1, 0.15) is 0 Å². The maximum Gasteiger partial charge on any atom is 0.276 e. The van der Waals surface area contributed by atoms with Crippen LogP contribution in [0.3, 0.4) is 0 Å². The molecule has 0 aliphatic rings. The first-order valence-corrected chi connectivity index (χ1v) is 7.44. The van der Waals surface area contributed by atoms with Gasteiger partial charge in [0.15, 0.2) is 5.69 Å². The van der Waals surface area contributed by atoms with Crippen molar-refractivity contribution in [1.29, 1.82) is 0 Å². The zero-order valence-corrected chi connectivity index (χ0v) is 13.1. The molecule has 3 aromatic rings. The lowest BCUT2D eigenvalue weighted by Crippen LogP contribution is -2.30. The number of fused-ring (bicyclic) bond motifs is 1. The molecule has 1 aromatic heterocycles. The van der Waals surface area contributed by atoms with Crippen LogP contribution in [0.25, 0.3) is 10.9 Å². The van der Waals surface area contributed by atoms with E-state index in [1.165, 1.54) is 0 Å². The van der Waals surface area contributed by atoms with Crippen LogP contribution in [0.1, 0.15) is 21.6 Å². The third kappa shape index (κ3) is 3.24. The van der Waals surface area contributed by atoms with Gasteiger partial charge in [0, 0.05) is 17.0 Å². The van der Waals surface area contributed by atoms with Crippen molar-refractivity contribution in [2.24, 2.45) is 0 Å². The molecule has 0 aliphatic carbocycles. The minimum atomic E-state index is -0.510. The molecule has 0 spiro atoms. The van der Waals surface area contributed by atoms with Crippen molar-refractivity contribution in [3.8, 4) is 0 Å². The van der Waals surface area contributed by atoms with Crippen molar-refractivity contribution in [2.75, 3.05) is 0 Å². The molecule has 0 fully saturated rings. The summed E-state index contributed by atoms with van der Waals surface area (Å²) >= 11 is 5.82. The molecule has 5 nitrogen and oxygen atoms in total. The number of hydrogen-bond acceptors (Lipinski definition) is 3. The van der Waals surface area contributed by atoms with Gasteiger partial charge in [-0.2, -0.15) is 5.10 Å². The number of carbonyl (C=O) groups is 1. The second kappa shape index (κ2) is 6.22. The van der Waals surface area contributed by atoms with Crippen LogP contribution in [0, 0.1) is 6.92 Å². The van der Waals surface area contributed by atoms with E-state index in [1.807, 2.05) is 25.1 Å². The predicted molar refractivity (Wildman–Crippen MR) is 89.7 cm³/mol. The van der Waals surface area contributed by atoms with Crippen LogP contribution in [0.2, 0.25) is 5.02 Å². The summed E-state index contributed by atoms with van der Waals surface area (Å²) in [6.45, 7) is 2.18. The Kier molecular flexibility index (Phi) is 4.12. The maximum absolute atomic E-state index is 12.4. The Bertz CT molecular complexity index is 933. The number of benzene rings is 2. The zero-order valence-electron chi connectivity index (χ0n) is 12.4. The molecule has 0 unspecified atom stereocenters. The van der Waals surface area contributed by atoms with Gasteiger partial charge in [-0.25, -0.2) is 0 Å². The van der Waals surface area contributed by atoms with Crippen molar-refractivity contribution in [3.05, 3.63) is 74.5 Å². The van der Waals surface area contributed by atoms with Gasteiger partial charge in [-0.15, -0.1) is 0 Å². The molecule has 116 valence electrons. The minimum Gasteiger partial charge on any atom is -0.346 e. The molecule has 2 N–H and O–H groups in total. The number of amides is 1. The number of nitrogens with one attached hydrogen (secondary N) is 2. The highest BCUT2D eigenvalue weighted by Gasteiger charge is 2.14. The monoisotopic (exact) mass is 327 g/mol. The molecule has 3 rings (SSSR count). The van der Waals surface area contributed by atoms with E-state index in [9.17, 15) is 9.59 Å². The minimum absolute atomic E-state index is 0.142. The fourth-order valence-corrected chi connectivity index (χ4v) is 2.39. The molecule has 0 radical (unpaired) electrons. The van der Waals surface area contributed by atoms with Gasteiger partial charge in [0.25, 0.3) is 5.91 Å². The Morgan fingerprint density at radius 1 is 1.22 bits per heavy atom. The molecular formula is C17H14ClN3O2. The van der Waals surface area contributed by atoms with Crippen LogP contribution in [0.4, 0.5) is 0 Å². The number of hydrogen-bond donors (Lipinski definition) is 2. The van der Waals surface area contributed by atoms with Gasteiger partial charge in [0.05, 0.1) is 5.52 Å². The summed E-state index contributed by atoms with van der Waals surface area (Å²) in [4.78, 5) is 24.6. The highest BCUT2D eigenvalue weighted by Crippen LogP contribution is 2.10. The molecule has 0 bridgehead atoms.